The highest BCUT2D eigenvalue weighted by Gasteiger charge is 2.34. The fourth-order valence-corrected chi connectivity index (χ4v) is 3.26. The maximum atomic E-state index is 12.5. The fraction of sp³-hybridized carbons (Fsp3) is 0.632. The number of likely N-dealkylation sites (tertiary alicyclic amines) is 1. The fourth-order valence-electron chi connectivity index (χ4n) is 3.26. The third kappa shape index (κ3) is 8.02. The number of guanidine groups is 1. The van der Waals surface area contributed by atoms with Crippen molar-refractivity contribution in [3.8, 4) is 5.75 Å². The molecular formula is C19H30F3IN4O. The van der Waals surface area contributed by atoms with Crippen molar-refractivity contribution in [2.45, 2.75) is 38.4 Å². The van der Waals surface area contributed by atoms with E-state index in [1.54, 1.807) is 7.11 Å². The largest absolute Gasteiger partial charge is 0.496 e. The zero-order chi connectivity index (χ0) is 19.9. The first-order valence-electron chi connectivity index (χ1n) is 9.29. The topological polar surface area (TPSA) is 48.9 Å². The van der Waals surface area contributed by atoms with Crippen molar-refractivity contribution >= 4 is 29.9 Å². The third-order valence-corrected chi connectivity index (χ3v) is 4.55. The Balaban J connectivity index is 0.00000392. The lowest BCUT2D eigenvalue weighted by Gasteiger charge is -2.20. The third-order valence-electron chi connectivity index (χ3n) is 4.55. The van der Waals surface area contributed by atoms with Crippen LogP contribution in [0.25, 0.3) is 0 Å². The van der Waals surface area contributed by atoms with Gasteiger partial charge in [0.25, 0.3) is 0 Å². The summed E-state index contributed by atoms with van der Waals surface area (Å²) in [6.07, 6.45) is -3.49. The molecule has 1 aliphatic heterocycles. The molecule has 1 aromatic rings. The van der Waals surface area contributed by atoms with Crippen LogP contribution in [0.15, 0.2) is 29.3 Å². The Morgan fingerprint density at radius 1 is 1.36 bits per heavy atom. The van der Waals surface area contributed by atoms with Crippen LogP contribution in [0, 0.1) is 0 Å². The number of nitrogens with one attached hydrogen (secondary N) is 2. The molecule has 0 radical (unpaired) electrons. The summed E-state index contributed by atoms with van der Waals surface area (Å²) in [6, 6.07) is 7.80. The van der Waals surface area contributed by atoms with E-state index >= 15 is 0 Å². The van der Waals surface area contributed by atoms with Gasteiger partial charge in [-0.2, -0.15) is 13.2 Å². The lowest BCUT2D eigenvalue weighted by atomic mass is 10.0. The predicted molar refractivity (Wildman–Crippen MR) is 117 cm³/mol. The van der Waals surface area contributed by atoms with E-state index in [0.717, 1.165) is 11.3 Å². The number of halogens is 4. The number of aliphatic imine (C=N–C) groups is 1. The van der Waals surface area contributed by atoms with E-state index in [0.29, 0.717) is 38.6 Å². The summed E-state index contributed by atoms with van der Waals surface area (Å²) < 4.78 is 43.0. The summed E-state index contributed by atoms with van der Waals surface area (Å²) in [5.41, 5.74) is 1.08. The molecule has 2 unspecified atom stereocenters. The van der Waals surface area contributed by atoms with Crippen molar-refractivity contribution in [1.82, 2.24) is 15.5 Å². The number of hydrogen-bond acceptors (Lipinski definition) is 3. The van der Waals surface area contributed by atoms with Gasteiger partial charge in [0, 0.05) is 38.1 Å². The summed E-state index contributed by atoms with van der Waals surface area (Å²) >= 11 is 0. The van der Waals surface area contributed by atoms with Gasteiger partial charge in [0.05, 0.1) is 13.7 Å². The van der Waals surface area contributed by atoms with Gasteiger partial charge in [0.15, 0.2) is 5.96 Å². The van der Waals surface area contributed by atoms with Gasteiger partial charge in [-0.05, 0) is 25.0 Å². The molecule has 1 saturated heterocycles. The molecule has 160 valence electrons. The lowest BCUT2D eigenvalue weighted by molar-refractivity contribution is -0.143. The zero-order valence-corrected chi connectivity index (χ0v) is 18.9. The second-order valence-electron chi connectivity index (χ2n) is 6.84. The van der Waals surface area contributed by atoms with Crippen molar-refractivity contribution in [2.75, 3.05) is 39.8 Å². The second kappa shape index (κ2) is 11.7. The molecule has 9 heteroatoms. The number of para-hydroxylation sites is 1. The number of alkyl halides is 3. The van der Waals surface area contributed by atoms with E-state index in [4.69, 9.17) is 4.74 Å². The first-order valence-corrected chi connectivity index (χ1v) is 9.29. The summed E-state index contributed by atoms with van der Waals surface area (Å²) in [5.74, 6) is 1.62. The average molecular weight is 514 g/mol. The number of benzene rings is 1. The molecule has 0 bridgehead atoms. The maximum Gasteiger partial charge on any atom is 0.401 e. The molecule has 1 fully saturated rings. The summed E-state index contributed by atoms with van der Waals surface area (Å²) in [7, 11) is 1.65. The number of ether oxygens (including phenoxy) is 1. The first kappa shape index (κ1) is 24.8. The molecule has 2 N–H and O–H groups in total. The summed E-state index contributed by atoms with van der Waals surface area (Å²) in [6.45, 7) is 5.23. The Morgan fingerprint density at radius 3 is 2.71 bits per heavy atom. The molecule has 1 aromatic carbocycles. The number of nitrogens with zero attached hydrogens (tertiary/aromatic N) is 2. The molecule has 5 nitrogen and oxygen atoms in total. The van der Waals surface area contributed by atoms with Crippen molar-refractivity contribution < 1.29 is 17.9 Å². The van der Waals surface area contributed by atoms with E-state index in [1.807, 2.05) is 31.2 Å². The number of hydrogen-bond donors (Lipinski definition) is 2. The van der Waals surface area contributed by atoms with Crippen LogP contribution in [0.5, 0.6) is 5.75 Å². The number of rotatable bonds is 7. The Bertz CT molecular complexity index is 627. The molecule has 0 aromatic heterocycles. The van der Waals surface area contributed by atoms with Crippen LogP contribution in [0.4, 0.5) is 13.2 Å². The molecule has 0 aliphatic carbocycles. The van der Waals surface area contributed by atoms with Crippen LogP contribution in [0.3, 0.4) is 0 Å². The van der Waals surface area contributed by atoms with Gasteiger partial charge in [-0.3, -0.25) is 9.89 Å². The van der Waals surface area contributed by atoms with Gasteiger partial charge < -0.3 is 15.4 Å². The van der Waals surface area contributed by atoms with Gasteiger partial charge in [0.2, 0.25) is 0 Å². The Morgan fingerprint density at radius 2 is 2.07 bits per heavy atom. The van der Waals surface area contributed by atoms with E-state index < -0.39 is 12.7 Å². The number of methoxy groups -OCH3 is 1. The SMILES string of the molecule is CCNC(=NCC(C)c1ccccc1OC)NC1CCN(CC(F)(F)F)C1.I. The average Bonchev–Trinajstić information content (AvgIpc) is 3.04. The van der Waals surface area contributed by atoms with Gasteiger partial charge in [0.1, 0.15) is 5.75 Å². The van der Waals surface area contributed by atoms with E-state index in [2.05, 4.69) is 22.5 Å². The standard InChI is InChI=1S/C19H29F3N4O.HI/c1-4-23-18(25-15-9-10-26(12-15)13-19(20,21)22)24-11-14(2)16-7-5-6-8-17(16)27-3;/h5-8,14-15H,4,9-13H2,1-3H3,(H2,23,24,25);1H. The highest BCUT2D eigenvalue weighted by Crippen LogP contribution is 2.26. The van der Waals surface area contributed by atoms with Gasteiger partial charge >= 0.3 is 6.18 Å². The predicted octanol–water partition coefficient (Wildman–Crippen LogP) is 3.61. The molecule has 1 heterocycles. The van der Waals surface area contributed by atoms with Crippen LogP contribution >= 0.6 is 24.0 Å². The first-order chi connectivity index (χ1) is 12.8. The highest BCUT2D eigenvalue weighted by molar-refractivity contribution is 14.0. The van der Waals surface area contributed by atoms with Gasteiger partial charge in [-0.15, -0.1) is 24.0 Å². The molecule has 28 heavy (non-hydrogen) atoms. The van der Waals surface area contributed by atoms with Crippen LogP contribution in [-0.2, 0) is 0 Å². The Kier molecular flexibility index (Phi) is 10.4. The second-order valence-corrected chi connectivity index (χ2v) is 6.84. The zero-order valence-electron chi connectivity index (χ0n) is 16.6. The minimum absolute atomic E-state index is 0. The normalized spacial score (nSPS) is 19.1. The lowest BCUT2D eigenvalue weighted by Crippen LogP contribution is -2.45. The molecule has 1 aliphatic rings. The summed E-state index contributed by atoms with van der Waals surface area (Å²) in [5, 5.41) is 6.44. The van der Waals surface area contributed by atoms with Crippen molar-refractivity contribution in [1.29, 1.82) is 0 Å². The maximum absolute atomic E-state index is 12.5. The molecule has 0 spiro atoms. The van der Waals surface area contributed by atoms with E-state index in [1.165, 1.54) is 4.90 Å². The van der Waals surface area contributed by atoms with E-state index in [9.17, 15) is 13.2 Å². The molecular weight excluding hydrogens is 484 g/mol. The quantitative estimate of drug-likeness (QED) is 0.332. The van der Waals surface area contributed by atoms with Crippen molar-refractivity contribution in [3.63, 3.8) is 0 Å². The molecule has 2 atom stereocenters. The smallest absolute Gasteiger partial charge is 0.401 e. The Labute approximate surface area is 182 Å². The van der Waals surface area contributed by atoms with Crippen LogP contribution in [0.2, 0.25) is 0 Å². The van der Waals surface area contributed by atoms with Gasteiger partial charge in [-0.1, -0.05) is 25.1 Å². The van der Waals surface area contributed by atoms with Crippen LogP contribution < -0.4 is 15.4 Å². The van der Waals surface area contributed by atoms with Crippen molar-refractivity contribution in [3.05, 3.63) is 29.8 Å². The minimum Gasteiger partial charge on any atom is -0.496 e. The Hall–Kier alpha value is -1.23. The van der Waals surface area contributed by atoms with Gasteiger partial charge in [-0.25, -0.2) is 0 Å². The summed E-state index contributed by atoms with van der Waals surface area (Å²) in [4.78, 5) is 6.06. The monoisotopic (exact) mass is 514 g/mol. The van der Waals surface area contributed by atoms with Crippen LogP contribution in [-0.4, -0.2) is 62.9 Å². The van der Waals surface area contributed by atoms with Crippen molar-refractivity contribution in [2.24, 2.45) is 4.99 Å². The molecule has 2 rings (SSSR count). The minimum atomic E-state index is -4.16. The highest BCUT2D eigenvalue weighted by atomic mass is 127. The van der Waals surface area contributed by atoms with Crippen LogP contribution in [0.1, 0.15) is 31.7 Å². The molecule has 0 amide bonds. The molecule has 0 saturated carbocycles. The van der Waals surface area contributed by atoms with E-state index in [-0.39, 0.29) is 35.9 Å².